The van der Waals surface area contributed by atoms with Gasteiger partial charge in [0, 0.05) is 11.9 Å². The Morgan fingerprint density at radius 2 is 2.35 bits per heavy atom. The van der Waals surface area contributed by atoms with Gasteiger partial charge < -0.3 is 14.8 Å². The molecule has 1 heterocycles. The van der Waals surface area contributed by atoms with E-state index in [2.05, 4.69) is 21.2 Å². The summed E-state index contributed by atoms with van der Waals surface area (Å²) < 4.78 is 6.26. The first-order valence-corrected chi connectivity index (χ1v) is 6.01. The molecule has 1 aromatic heterocycles. The molecule has 0 aliphatic rings. The second-order valence-corrected chi connectivity index (χ2v) is 4.68. The van der Waals surface area contributed by atoms with Crippen LogP contribution < -0.4 is 5.32 Å². The zero-order chi connectivity index (χ0) is 12.4. The van der Waals surface area contributed by atoms with Crippen LogP contribution in [0.15, 0.2) is 33.2 Å². The molecule has 0 saturated carbocycles. The van der Waals surface area contributed by atoms with E-state index in [0.29, 0.717) is 5.58 Å². The van der Waals surface area contributed by atoms with E-state index in [1.807, 2.05) is 18.2 Å². The Morgan fingerprint density at radius 1 is 1.59 bits per heavy atom. The van der Waals surface area contributed by atoms with E-state index in [4.69, 9.17) is 9.52 Å². The van der Waals surface area contributed by atoms with Crippen molar-refractivity contribution in [2.75, 3.05) is 6.54 Å². The maximum absolute atomic E-state index is 11.7. The number of nitrogens with one attached hydrogen (secondary N) is 1. The minimum Gasteiger partial charge on any atom is -0.450 e. The lowest BCUT2D eigenvalue weighted by molar-refractivity contribution is 0.0898. The van der Waals surface area contributed by atoms with Gasteiger partial charge in [0.05, 0.1) is 10.6 Å². The van der Waals surface area contributed by atoms with Gasteiger partial charge in [-0.3, -0.25) is 4.79 Å². The van der Waals surface area contributed by atoms with Crippen LogP contribution in [0.1, 0.15) is 17.5 Å². The summed E-state index contributed by atoms with van der Waals surface area (Å²) in [5, 5.41) is 12.5. The smallest absolute Gasteiger partial charge is 0.287 e. The number of aliphatic hydroxyl groups excluding tert-OH is 1. The van der Waals surface area contributed by atoms with Crippen LogP contribution in [0.25, 0.3) is 11.0 Å². The van der Waals surface area contributed by atoms with Crippen molar-refractivity contribution in [3.8, 4) is 0 Å². The number of carbonyl (C=O) groups is 1. The molecule has 90 valence electrons. The van der Waals surface area contributed by atoms with Gasteiger partial charge in [-0.2, -0.15) is 0 Å². The van der Waals surface area contributed by atoms with Crippen LogP contribution in [-0.4, -0.2) is 23.7 Å². The third-order valence-electron chi connectivity index (χ3n) is 2.28. The molecule has 0 saturated heterocycles. The molecule has 1 amide bonds. The number of para-hydroxylation sites is 1. The monoisotopic (exact) mass is 297 g/mol. The Bertz CT molecular complexity index is 548. The van der Waals surface area contributed by atoms with Crippen LogP contribution in [-0.2, 0) is 0 Å². The maximum atomic E-state index is 11.7. The van der Waals surface area contributed by atoms with Crippen molar-refractivity contribution in [1.29, 1.82) is 0 Å². The summed E-state index contributed by atoms with van der Waals surface area (Å²) in [5.74, 6) is -0.0819. The van der Waals surface area contributed by atoms with Crippen LogP contribution in [0.4, 0.5) is 0 Å². The molecular weight excluding hydrogens is 286 g/mol. The van der Waals surface area contributed by atoms with Crippen molar-refractivity contribution in [1.82, 2.24) is 5.32 Å². The topological polar surface area (TPSA) is 62.5 Å². The Labute approximate surface area is 107 Å². The first-order valence-electron chi connectivity index (χ1n) is 5.22. The molecule has 0 unspecified atom stereocenters. The molecule has 0 spiro atoms. The number of benzene rings is 1. The average molecular weight is 298 g/mol. The second kappa shape index (κ2) is 4.89. The number of furan rings is 1. The minimum atomic E-state index is -0.574. The molecule has 4 nitrogen and oxygen atoms in total. The van der Waals surface area contributed by atoms with Gasteiger partial charge in [0.1, 0.15) is 5.58 Å². The summed E-state index contributed by atoms with van der Waals surface area (Å²) in [6, 6.07) is 7.27. The van der Waals surface area contributed by atoms with Crippen molar-refractivity contribution >= 4 is 32.8 Å². The number of fused-ring (bicyclic) bond motifs is 1. The van der Waals surface area contributed by atoms with Crippen molar-refractivity contribution in [2.24, 2.45) is 0 Å². The highest BCUT2D eigenvalue weighted by Gasteiger charge is 2.13. The Kier molecular flexibility index (Phi) is 3.49. The summed E-state index contributed by atoms with van der Waals surface area (Å²) in [5.41, 5.74) is 0.648. The van der Waals surface area contributed by atoms with Crippen LogP contribution in [0.5, 0.6) is 0 Å². The number of rotatable bonds is 3. The molecule has 0 radical (unpaired) electrons. The van der Waals surface area contributed by atoms with E-state index in [1.54, 1.807) is 13.0 Å². The first-order chi connectivity index (χ1) is 8.08. The summed E-state index contributed by atoms with van der Waals surface area (Å²) >= 11 is 3.36. The normalized spacial score (nSPS) is 12.6. The average Bonchev–Trinajstić information content (AvgIpc) is 2.71. The lowest BCUT2D eigenvalue weighted by Gasteiger charge is -2.04. The van der Waals surface area contributed by atoms with Crippen LogP contribution in [0, 0.1) is 0 Å². The maximum Gasteiger partial charge on any atom is 0.287 e. The summed E-state index contributed by atoms with van der Waals surface area (Å²) in [6.07, 6.45) is -0.574. The second-order valence-electron chi connectivity index (χ2n) is 3.83. The molecule has 0 fully saturated rings. The van der Waals surface area contributed by atoms with E-state index in [-0.39, 0.29) is 18.2 Å². The fraction of sp³-hybridized carbons (Fsp3) is 0.250. The molecule has 1 atom stereocenters. The Morgan fingerprint density at radius 3 is 3.00 bits per heavy atom. The SMILES string of the molecule is C[C@H](O)CNC(=O)c1cc2cccc(Br)c2o1. The van der Waals surface area contributed by atoms with Gasteiger partial charge in [0.15, 0.2) is 5.76 Å². The molecule has 1 aromatic carbocycles. The highest BCUT2D eigenvalue weighted by atomic mass is 79.9. The lowest BCUT2D eigenvalue weighted by Crippen LogP contribution is -2.30. The highest BCUT2D eigenvalue weighted by molar-refractivity contribution is 9.10. The standard InChI is InChI=1S/C12H12BrNO3/c1-7(15)6-14-12(16)10-5-8-3-2-4-9(13)11(8)17-10/h2-5,7,15H,6H2,1H3,(H,14,16)/t7-/m0/s1. The summed E-state index contributed by atoms with van der Waals surface area (Å²) in [4.78, 5) is 11.7. The Hall–Kier alpha value is -1.33. The highest BCUT2D eigenvalue weighted by Crippen LogP contribution is 2.26. The molecular formula is C12H12BrNO3. The quantitative estimate of drug-likeness (QED) is 0.914. The number of carbonyl (C=O) groups excluding carboxylic acids is 1. The third-order valence-corrected chi connectivity index (χ3v) is 2.90. The number of hydrogen-bond donors (Lipinski definition) is 2. The van der Waals surface area contributed by atoms with Crippen LogP contribution in [0.2, 0.25) is 0 Å². The van der Waals surface area contributed by atoms with E-state index in [1.165, 1.54) is 0 Å². The molecule has 0 aliphatic heterocycles. The molecule has 0 bridgehead atoms. The first kappa shape index (κ1) is 12.1. The van der Waals surface area contributed by atoms with E-state index < -0.39 is 6.10 Å². The number of aliphatic hydroxyl groups is 1. The zero-order valence-electron chi connectivity index (χ0n) is 9.24. The van der Waals surface area contributed by atoms with Crippen molar-refractivity contribution < 1.29 is 14.3 Å². The van der Waals surface area contributed by atoms with Crippen LogP contribution >= 0.6 is 15.9 Å². The fourth-order valence-electron chi connectivity index (χ4n) is 1.47. The van der Waals surface area contributed by atoms with Gasteiger partial charge in [-0.05, 0) is 35.0 Å². The largest absolute Gasteiger partial charge is 0.450 e. The van der Waals surface area contributed by atoms with Crippen LogP contribution in [0.3, 0.4) is 0 Å². The molecule has 17 heavy (non-hydrogen) atoms. The van der Waals surface area contributed by atoms with Crippen molar-refractivity contribution in [3.05, 3.63) is 34.5 Å². The van der Waals surface area contributed by atoms with Gasteiger partial charge in [0.25, 0.3) is 5.91 Å². The molecule has 5 heteroatoms. The summed E-state index contributed by atoms with van der Waals surface area (Å²) in [6.45, 7) is 1.81. The Balaban J connectivity index is 2.24. The molecule has 0 aliphatic carbocycles. The van der Waals surface area contributed by atoms with E-state index >= 15 is 0 Å². The predicted octanol–water partition coefficient (Wildman–Crippen LogP) is 2.31. The summed E-state index contributed by atoms with van der Waals surface area (Å²) in [7, 11) is 0. The zero-order valence-corrected chi connectivity index (χ0v) is 10.8. The predicted molar refractivity (Wildman–Crippen MR) is 67.9 cm³/mol. The number of amides is 1. The van der Waals surface area contributed by atoms with Gasteiger partial charge in [-0.1, -0.05) is 12.1 Å². The fourth-order valence-corrected chi connectivity index (χ4v) is 1.93. The van der Waals surface area contributed by atoms with E-state index in [9.17, 15) is 4.79 Å². The lowest BCUT2D eigenvalue weighted by atomic mass is 10.2. The molecule has 2 aromatic rings. The third kappa shape index (κ3) is 2.68. The number of halogens is 1. The minimum absolute atomic E-state index is 0.205. The van der Waals surface area contributed by atoms with Gasteiger partial charge in [-0.15, -0.1) is 0 Å². The van der Waals surface area contributed by atoms with Gasteiger partial charge >= 0.3 is 0 Å². The van der Waals surface area contributed by atoms with Gasteiger partial charge in [-0.25, -0.2) is 0 Å². The van der Waals surface area contributed by atoms with Crippen molar-refractivity contribution in [2.45, 2.75) is 13.0 Å². The van der Waals surface area contributed by atoms with Gasteiger partial charge in [0.2, 0.25) is 0 Å². The molecule has 2 N–H and O–H groups in total. The van der Waals surface area contributed by atoms with E-state index in [0.717, 1.165) is 9.86 Å². The van der Waals surface area contributed by atoms with Crippen molar-refractivity contribution in [3.63, 3.8) is 0 Å². The molecule has 2 rings (SSSR count). The number of hydrogen-bond acceptors (Lipinski definition) is 3.